The fourth-order valence-electron chi connectivity index (χ4n) is 5.33. The van der Waals surface area contributed by atoms with Gasteiger partial charge in [0.1, 0.15) is 5.75 Å². The van der Waals surface area contributed by atoms with Crippen molar-refractivity contribution in [2.75, 3.05) is 58.5 Å². The van der Waals surface area contributed by atoms with Crippen molar-refractivity contribution in [3.63, 3.8) is 0 Å². The lowest BCUT2D eigenvalue weighted by Gasteiger charge is -2.44. The Balaban J connectivity index is 1.45. The van der Waals surface area contributed by atoms with E-state index in [9.17, 15) is 9.59 Å². The highest BCUT2D eigenvalue weighted by molar-refractivity contribution is 7.10. The summed E-state index contributed by atoms with van der Waals surface area (Å²) in [6.07, 6.45) is 0. The second kappa shape index (κ2) is 10.7. The molecule has 1 saturated heterocycles. The number of rotatable bonds is 7. The molecule has 2 aliphatic heterocycles. The number of fused-ring (bicyclic) bond motifs is 1. The first-order chi connectivity index (χ1) is 17.6. The first kappa shape index (κ1) is 24.3. The third-order valence-corrected chi connectivity index (χ3v) is 8.04. The van der Waals surface area contributed by atoms with Crippen LogP contribution in [0.1, 0.15) is 32.8 Å². The van der Waals surface area contributed by atoms with Crippen LogP contribution in [0.15, 0.2) is 66.0 Å². The molecule has 1 fully saturated rings. The molecule has 7 nitrogen and oxygen atoms in total. The van der Waals surface area contributed by atoms with E-state index in [4.69, 9.17) is 9.47 Å². The summed E-state index contributed by atoms with van der Waals surface area (Å²) in [7, 11) is 3.31. The van der Waals surface area contributed by atoms with Crippen LogP contribution in [0.5, 0.6) is 5.75 Å². The molecule has 8 heteroatoms. The molecule has 0 saturated carbocycles. The van der Waals surface area contributed by atoms with E-state index in [1.807, 2.05) is 69.8 Å². The summed E-state index contributed by atoms with van der Waals surface area (Å²) in [5, 5.41) is 2.00. The number of piperazine rings is 1. The van der Waals surface area contributed by atoms with Gasteiger partial charge in [-0.15, -0.1) is 11.3 Å². The average Bonchev–Trinajstić information content (AvgIpc) is 3.47. The number of carbonyl (C=O) groups is 2. The number of ether oxygens (including phenoxy) is 2. The van der Waals surface area contributed by atoms with Crippen LogP contribution in [-0.4, -0.2) is 75.2 Å². The Morgan fingerprint density at radius 3 is 2.44 bits per heavy atom. The van der Waals surface area contributed by atoms with E-state index in [1.54, 1.807) is 25.6 Å². The van der Waals surface area contributed by atoms with E-state index >= 15 is 0 Å². The monoisotopic (exact) mass is 505 g/mol. The van der Waals surface area contributed by atoms with E-state index < -0.39 is 5.92 Å². The average molecular weight is 506 g/mol. The van der Waals surface area contributed by atoms with Crippen molar-refractivity contribution >= 4 is 28.8 Å². The lowest BCUT2D eigenvalue weighted by Crippen LogP contribution is -2.53. The Hall–Kier alpha value is -3.36. The van der Waals surface area contributed by atoms with Crippen LogP contribution in [0.4, 0.5) is 5.69 Å². The van der Waals surface area contributed by atoms with Crippen LogP contribution < -0.4 is 9.64 Å². The Morgan fingerprint density at radius 2 is 1.72 bits per heavy atom. The van der Waals surface area contributed by atoms with Crippen molar-refractivity contribution in [3.05, 3.63) is 82.0 Å². The summed E-state index contributed by atoms with van der Waals surface area (Å²) >= 11 is 1.59. The zero-order valence-electron chi connectivity index (χ0n) is 20.6. The molecule has 2 aromatic carbocycles. The highest BCUT2D eigenvalue weighted by atomic mass is 32.1. The number of methoxy groups -OCH3 is 2. The van der Waals surface area contributed by atoms with Gasteiger partial charge in [-0.1, -0.05) is 36.4 Å². The molecule has 2 aliphatic rings. The number of benzene rings is 2. The zero-order valence-corrected chi connectivity index (χ0v) is 21.4. The van der Waals surface area contributed by atoms with Gasteiger partial charge < -0.3 is 24.2 Å². The molecule has 36 heavy (non-hydrogen) atoms. The summed E-state index contributed by atoms with van der Waals surface area (Å²) in [6, 6.07) is 19.2. The van der Waals surface area contributed by atoms with Gasteiger partial charge in [0.2, 0.25) is 5.91 Å². The third kappa shape index (κ3) is 4.47. The first-order valence-corrected chi connectivity index (χ1v) is 13.1. The number of hydrogen-bond acceptors (Lipinski definition) is 6. The van der Waals surface area contributed by atoms with E-state index in [0.29, 0.717) is 31.8 Å². The molecule has 3 aromatic rings. The van der Waals surface area contributed by atoms with E-state index in [0.717, 1.165) is 35.0 Å². The van der Waals surface area contributed by atoms with Crippen LogP contribution in [0.25, 0.3) is 0 Å². The molecule has 5 rings (SSSR count). The van der Waals surface area contributed by atoms with Gasteiger partial charge in [-0.25, -0.2) is 0 Å². The highest BCUT2D eigenvalue weighted by Crippen LogP contribution is 2.45. The maximum atomic E-state index is 14.2. The number of thiophene rings is 1. The first-order valence-electron chi connectivity index (χ1n) is 12.2. The van der Waals surface area contributed by atoms with E-state index in [2.05, 4.69) is 11.0 Å². The molecule has 188 valence electrons. The number of carbonyl (C=O) groups excluding carboxylic acids is 2. The standard InChI is InChI=1S/C28H31N3O4S/c1-34-18-17-31-26(24-12-7-19-36-24)25(20-8-3-4-9-21(20)27(31)32)28(33)30-15-13-29(14-16-30)22-10-5-6-11-23(22)35-2/h3-12,19,25-26H,13-18H2,1-2H3/t25-,26+/m1/s1. The van der Waals surface area contributed by atoms with Crippen LogP contribution in [-0.2, 0) is 9.53 Å². The summed E-state index contributed by atoms with van der Waals surface area (Å²) < 4.78 is 10.9. The zero-order chi connectivity index (χ0) is 25.1. The molecular formula is C28H31N3O4S. The van der Waals surface area contributed by atoms with Crippen molar-refractivity contribution in [1.29, 1.82) is 0 Å². The Kier molecular flexibility index (Phi) is 7.25. The molecule has 0 bridgehead atoms. The summed E-state index contributed by atoms with van der Waals surface area (Å²) in [5.41, 5.74) is 2.46. The molecule has 2 amide bonds. The largest absolute Gasteiger partial charge is 0.495 e. The molecule has 3 heterocycles. The number of hydrogen-bond donors (Lipinski definition) is 0. The maximum absolute atomic E-state index is 14.2. The predicted octanol–water partition coefficient (Wildman–Crippen LogP) is 4.03. The van der Waals surface area contributed by atoms with Gasteiger partial charge in [-0.3, -0.25) is 9.59 Å². The van der Waals surface area contributed by atoms with Gasteiger partial charge in [-0.05, 0) is 35.2 Å². The highest BCUT2D eigenvalue weighted by Gasteiger charge is 2.46. The number of para-hydroxylation sites is 2. The Bertz CT molecular complexity index is 1210. The Labute approximate surface area is 215 Å². The van der Waals surface area contributed by atoms with Gasteiger partial charge in [0.25, 0.3) is 5.91 Å². The molecule has 0 N–H and O–H groups in total. The molecule has 0 aliphatic carbocycles. The van der Waals surface area contributed by atoms with Gasteiger partial charge in [0.15, 0.2) is 0 Å². The second-order valence-electron chi connectivity index (χ2n) is 9.00. The van der Waals surface area contributed by atoms with Crippen molar-refractivity contribution < 1.29 is 19.1 Å². The third-order valence-electron chi connectivity index (χ3n) is 7.09. The summed E-state index contributed by atoms with van der Waals surface area (Å²) in [4.78, 5) is 34.9. The molecule has 0 spiro atoms. The lowest BCUT2D eigenvalue weighted by atomic mass is 9.81. The number of amides is 2. The quantitative estimate of drug-likeness (QED) is 0.485. The minimum absolute atomic E-state index is 0.0499. The summed E-state index contributed by atoms with van der Waals surface area (Å²) in [5.74, 6) is 0.386. The van der Waals surface area contributed by atoms with E-state index in [-0.39, 0.29) is 17.9 Å². The fourth-order valence-corrected chi connectivity index (χ4v) is 6.20. The molecule has 2 atom stereocenters. The van der Waals surface area contributed by atoms with Crippen molar-refractivity contribution in [2.24, 2.45) is 0 Å². The van der Waals surface area contributed by atoms with Gasteiger partial charge >= 0.3 is 0 Å². The van der Waals surface area contributed by atoms with Crippen LogP contribution in [0.2, 0.25) is 0 Å². The van der Waals surface area contributed by atoms with Gasteiger partial charge in [0, 0.05) is 50.3 Å². The topological polar surface area (TPSA) is 62.3 Å². The smallest absolute Gasteiger partial charge is 0.254 e. The molecule has 0 unspecified atom stereocenters. The minimum Gasteiger partial charge on any atom is -0.495 e. The molecule has 1 aromatic heterocycles. The molecular weight excluding hydrogens is 474 g/mol. The Morgan fingerprint density at radius 1 is 0.972 bits per heavy atom. The minimum atomic E-state index is -0.466. The number of anilines is 1. The maximum Gasteiger partial charge on any atom is 0.254 e. The van der Waals surface area contributed by atoms with Gasteiger partial charge in [0.05, 0.1) is 31.4 Å². The van der Waals surface area contributed by atoms with Gasteiger partial charge in [-0.2, -0.15) is 0 Å². The number of nitrogens with zero attached hydrogens (tertiary/aromatic N) is 3. The van der Waals surface area contributed by atoms with Crippen LogP contribution >= 0.6 is 11.3 Å². The predicted molar refractivity (Wildman–Crippen MR) is 141 cm³/mol. The second-order valence-corrected chi connectivity index (χ2v) is 9.98. The van der Waals surface area contributed by atoms with Crippen molar-refractivity contribution in [3.8, 4) is 5.75 Å². The van der Waals surface area contributed by atoms with E-state index in [1.165, 1.54) is 0 Å². The molecule has 0 radical (unpaired) electrons. The lowest BCUT2D eigenvalue weighted by molar-refractivity contribution is -0.135. The normalized spacial score (nSPS) is 19.8. The van der Waals surface area contributed by atoms with Crippen molar-refractivity contribution in [2.45, 2.75) is 12.0 Å². The van der Waals surface area contributed by atoms with Crippen LogP contribution in [0, 0.1) is 0 Å². The van der Waals surface area contributed by atoms with Crippen LogP contribution in [0.3, 0.4) is 0 Å². The van der Waals surface area contributed by atoms with Crippen molar-refractivity contribution in [1.82, 2.24) is 9.80 Å². The fraction of sp³-hybridized carbons (Fsp3) is 0.357. The summed E-state index contributed by atoms with van der Waals surface area (Å²) in [6.45, 7) is 3.50. The SMILES string of the molecule is COCCN1C(=O)c2ccccc2[C@@H](C(=O)N2CCN(c3ccccc3OC)CC2)[C@@H]1c1cccs1.